The van der Waals surface area contributed by atoms with Crippen LogP contribution in [0, 0.1) is 0 Å². The van der Waals surface area contributed by atoms with Crippen LogP contribution in [0.3, 0.4) is 0 Å². The van der Waals surface area contributed by atoms with Crippen molar-refractivity contribution in [2.75, 3.05) is 5.32 Å². The summed E-state index contributed by atoms with van der Waals surface area (Å²) in [5, 5.41) is 12.2. The summed E-state index contributed by atoms with van der Waals surface area (Å²) >= 11 is 0. The molecule has 0 atom stereocenters. The van der Waals surface area contributed by atoms with Crippen molar-refractivity contribution in [2.24, 2.45) is 5.84 Å². The molecule has 2 amide bonds. The van der Waals surface area contributed by atoms with Gasteiger partial charge in [-0.25, -0.2) is 5.84 Å². The molecule has 0 saturated heterocycles. The molecule has 0 fully saturated rings. The molecule has 20 heavy (non-hydrogen) atoms. The number of para-hydroxylation sites is 2. The summed E-state index contributed by atoms with van der Waals surface area (Å²) in [4.78, 5) is 22.5. The number of hydrogen-bond donors (Lipinski definition) is 4. The van der Waals surface area contributed by atoms with E-state index in [1.54, 1.807) is 18.2 Å². The highest BCUT2D eigenvalue weighted by Crippen LogP contribution is 2.21. The first-order valence-corrected chi connectivity index (χ1v) is 6.70. The van der Waals surface area contributed by atoms with Crippen molar-refractivity contribution in [3.05, 3.63) is 24.3 Å². The monoisotopic (exact) mass is 279 g/mol. The Kier molecular flexibility index (Phi) is 7.13. The molecule has 0 unspecified atom stereocenters. The number of aromatic hydroxyl groups is 1. The Morgan fingerprint density at radius 3 is 2.20 bits per heavy atom. The summed E-state index contributed by atoms with van der Waals surface area (Å²) in [6.45, 7) is 0. The summed E-state index contributed by atoms with van der Waals surface area (Å²) in [5.41, 5.74) is 2.51. The SMILES string of the molecule is NNC(=O)CCCCCCC(=O)Nc1ccccc1O. The molecule has 1 rings (SSSR count). The minimum absolute atomic E-state index is 0.0636. The van der Waals surface area contributed by atoms with Gasteiger partial charge >= 0.3 is 0 Å². The molecule has 1 aromatic rings. The van der Waals surface area contributed by atoms with Crippen LogP contribution in [0.1, 0.15) is 38.5 Å². The number of unbranched alkanes of at least 4 members (excludes halogenated alkanes) is 3. The van der Waals surface area contributed by atoms with Gasteiger partial charge in [0.25, 0.3) is 0 Å². The molecule has 0 aliphatic heterocycles. The number of phenols is 1. The number of nitrogens with one attached hydrogen (secondary N) is 2. The molecule has 5 N–H and O–H groups in total. The fraction of sp³-hybridized carbons (Fsp3) is 0.429. The number of hydrazine groups is 1. The fourth-order valence-electron chi connectivity index (χ4n) is 1.79. The number of phenolic OH excluding ortho intramolecular Hbond substituents is 1. The predicted octanol–water partition coefficient (Wildman–Crippen LogP) is 1.66. The second kappa shape index (κ2) is 8.92. The predicted molar refractivity (Wildman–Crippen MR) is 76.8 cm³/mol. The highest BCUT2D eigenvalue weighted by molar-refractivity contribution is 5.92. The Morgan fingerprint density at radius 2 is 1.60 bits per heavy atom. The zero-order valence-corrected chi connectivity index (χ0v) is 11.4. The van der Waals surface area contributed by atoms with Crippen LogP contribution in [0.4, 0.5) is 5.69 Å². The van der Waals surface area contributed by atoms with E-state index in [1.165, 1.54) is 6.07 Å². The zero-order valence-electron chi connectivity index (χ0n) is 11.4. The molecule has 0 bridgehead atoms. The second-order valence-electron chi connectivity index (χ2n) is 4.55. The Balaban J connectivity index is 2.12. The second-order valence-corrected chi connectivity index (χ2v) is 4.55. The lowest BCUT2D eigenvalue weighted by Gasteiger charge is -2.06. The Hall–Kier alpha value is -2.08. The van der Waals surface area contributed by atoms with Crippen LogP contribution in [-0.4, -0.2) is 16.9 Å². The Bertz CT molecular complexity index is 449. The minimum atomic E-state index is -0.165. The molecule has 0 aliphatic rings. The molecule has 0 heterocycles. The van der Waals surface area contributed by atoms with Crippen molar-refractivity contribution in [1.82, 2.24) is 5.43 Å². The van der Waals surface area contributed by atoms with Gasteiger partial charge in [0.2, 0.25) is 11.8 Å². The minimum Gasteiger partial charge on any atom is -0.506 e. The maximum atomic E-state index is 11.6. The third kappa shape index (κ3) is 6.19. The molecule has 1 aromatic carbocycles. The number of hydrogen-bond acceptors (Lipinski definition) is 4. The first-order valence-electron chi connectivity index (χ1n) is 6.70. The Morgan fingerprint density at radius 1 is 1.00 bits per heavy atom. The van der Waals surface area contributed by atoms with Gasteiger partial charge in [-0.2, -0.15) is 0 Å². The van der Waals surface area contributed by atoms with Crippen molar-refractivity contribution in [3.8, 4) is 5.75 Å². The highest BCUT2D eigenvalue weighted by Gasteiger charge is 2.05. The molecule has 0 radical (unpaired) electrons. The summed E-state index contributed by atoms with van der Waals surface area (Å²) < 4.78 is 0. The number of rotatable bonds is 8. The van der Waals surface area contributed by atoms with Crippen molar-refractivity contribution < 1.29 is 14.7 Å². The molecule has 110 valence electrons. The van der Waals surface area contributed by atoms with E-state index in [0.29, 0.717) is 18.5 Å². The van der Waals surface area contributed by atoms with E-state index in [2.05, 4.69) is 10.7 Å². The largest absolute Gasteiger partial charge is 0.506 e. The summed E-state index contributed by atoms with van der Waals surface area (Å²) in [7, 11) is 0. The van der Waals surface area contributed by atoms with Gasteiger partial charge in [0, 0.05) is 12.8 Å². The maximum Gasteiger partial charge on any atom is 0.233 e. The van der Waals surface area contributed by atoms with Gasteiger partial charge in [-0.05, 0) is 25.0 Å². The number of anilines is 1. The molecule has 0 saturated carbocycles. The maximum absolute atomic E-state index is 11.6. The molecular formula is C14H21N3O3. The molecule has 0 aliphatic carbocycles. The van der Waals surface area contributed by atoms with Crippen LogP contribution in [0.2, 0.25) is 0 Å². The van der Waals surface area contributed by atoms with Crippen molar-refractivity contribution in [1.29, 1.82) is 0 Å². The van der Waals surface area contributed by atoms with E-state index in [9.17, 15) is 14.7 Å². The van der Waals surface area contributed by atoms with Crippen molar-refractivity contribution in [2.45, 2.75) is 38.5 Å². The number of nitrogens with two attached hydrogens (primary N) is 1. The molecule has 6 nitrogen and oxygen atoms in total. The van der Waals surface area contributed by atoms with E-state index in [1.807, 2.05) is 0 Å². The van der Waals surface area contributed by atoms with Gasteiger partial charge in [0.15, 0.2) is 0 Å². The molecule has 0 spiro atoms. The van der Waals surface area contributed by atoms with Gasteiger partial charge in [-0.1, -0.05) is 25.0 Å². The lowest BCUT2D eigenvalue weighted by Crippen LogP contribution is -2.29. The normalized spacial score (nSPS) is 10.1. The van der Waals surface area contributed by atoms with Crippen LogP contribution in [-0.2, 0) is 9.59 Å². The molecule has 6 heteroatoms. The van der Waals surface area contributed by atoms with Gasteiger partial charge in [-0.3, -0.25) is 15.0 Å². The number of benzene rings is 1. The van der Waals surface area contributed by atoms with Gasteiger partial charge < -0.3 is 10.4 Å². The summed E-state index contributed by atoms with van der Waals surface area (Å²) in [6.07, 6.45) is 4.11. The van der Waals surface area contributed by atoms with Crippen LogP contribution < -0.4 is 16.6 Å². The van der Waals surface area contributed by atoms with Gasteiger partial charge in [0.05, 0.1) is 5.69 Å². The number of carbonyl (C=O) groups excluding carboxylic acids is 2. The lowest BCUT2D eigenvalue weighted by atomic mass is 10.1. The van der Waals surface area contributed by atoms with Crippen molar-refractivity contribution >= 4 is 17.5 Å². The Labute approximate surface area is 118 Å². The standard InChI is InChI=1S/C14H21N3O3/c15-17-14(20)10-4-2-1-3-9-13(19)16-11-7-5-6-8-12(11)18/h5-8,18H,1-4,9-10,15H2,(H,16,19)(H,17,20). The highest BCUT2D eigenvalue weighted by atomic mass is 16.3. The quantitative estimate of drug-likeness (QED) is 0.191. The number of carbonyl (C=O) groups is 2. The van der Waals surface area contributed by atoms with E-state index in [-0.39, 0.29) is 17.6 Å². The fourth-order valence-corrected chi connectivity index (χ4v) is 1.79. The third-order valence-electron chi connectivity index (χ3n) is 2.90. The van der Waals surface area contributed by atoms with Crippen LogP contribution in [0.5, 0.6) is 5.75 Å². The number of amides is 2. The topological polar surface area (TPSA) is 104 Å². The first-order chi connectivity index (χ1) is 9.63. The van der Waals surface area contributed by atoms with Gasteiger partial charge in [0.1, 0.15) is 5.75 Å². The van der Waals surface area contributed by atoms with Gasteiger partial charge in [-0.15, -0.1) is 0 Å². The summed E-state index contributed by atoms with van der Waals surface area (Å²) in [5.74, 6) is 4.75. The lowest BCUT2D eigenvalue weighted by molar-refractivity contribution is -0.121. The van der Waals surface area contributed by atoms with Crippen LogP contribution >= 0.6 is 0 Å². The molecular weight excluding hydrogens is 258 g/mol. The van der Waals surface area contributed by atoms with E-state index in [0.717, 1.165) is 25.7 Å². The zero-order chi connectivity index (χ0) is 14.8. The molecule has 0 aromatic heterocycles. The first kappa shape index (κ1) is 16.0. The van der Waals surface area contributed by atoms with E-state index < -0.39 is 0 Å². The van der Waals surface area contributed by atoms with E-state index in [4.69, 9.17) is 5.84 Å². The average molecular weight is 279 g/mol. The smallest absolute Gasteiger partial charge is 0.233 e. The summed E-state index contributed by atoms with van der Waals surface area (Å²) in [6, 6.07) is 6.62. The average Bonchev–Trinajstić information content (AvgIpc) is 2.44. The van der Waals surface area contributed by atoms with Crippen molar-refractivity contribution in [3.63, 3.8) is 0 Å². The van der Waals surface area contributed by atoms with Crippen LogP contribution in [0.25, 0.3) is 0 Å². The third-order valence-corrected chi connectivity index (χ3v) is 2.90. The van der Waals surface area contributed by atoms with Crippen LogP contribution in [0.15, 0.2) is 24.3 Å². The van der Waals surface area contributed by atoms with E-state index >= 15 is 0 Å².